The van der Waals surface area contributed by atoms with Crippen LogP contribution in [0.25, 0.3) is 0 Å². The normalized spacial score (nSPS) is 24.0. The van der Waals surface area contributed by atoms with E-state index in [2.05, 4.69) is 10.2 Å². The lowest BCUT2D eigenvalue weighted by atomic mass is 10.1. The van der Waals surface area contributed by atoms with Gasteiger partial charge in [-0.15, -0.1) is 0 Å². The highest BCUT2D eigenvalue weighted by molar-refractivity contribution is 5.92. The Labute approximate surface area is 147 Å². The third kappa shape index (κ3) is 4.93. The molecule has 0 unspecified atom stereocenters. The summed E-state index contributed by atoms with van der Waals surface area (Å²) in [6.07, 6.45) is 2.79. The van der Waals surface area contributed by atoms with Crippen LogP contribution in [-0.2, 0) is 9.53 Å². The van der Waals surface area contributed by atoms with Crippen molar-refractivity contribution in [2.75, 3.05) is 32.8 Å². The molecule has 1 aromatic rings. The second-order valence-electron chi connectivity index (χ2n) is 6.57. The summed E-state index contributed by atoms with van der Waals surface area (Å²) in [4.78, 5) is 25.6. The minimum atomic E-state index is -0.473. The number of rotatable bonds is 6. The lowest BCUT2D eigenvalue weighted by molar-refractivity contribution is -0.124. The maximum atomic E-state index is 12.3. The average molecular weight is 347 g/mol. The van der Waals surface area contributed by atoms with Crippen LogP contribution in [0.3, 0.4) is 0 Å². The molecule has 3 rings (SSSR count). The van der Waals surface area contributed by atoms with Gasteiger partial charge in [-0.05, 0) is 56.6 Å². The summed E-state index contributed by atoms with van der Waals surface area (Å²) < 4.78 is 11.5. The SMILES string of the molecule is NC(=O)c1ccc(O[C@@H]2COCC[C@H]2NC(=O)CN2CCCC2)cc1. The first kappa shape index (κ1) is 17.7. The third-order valence-corrected chi connectivity index (χ3v) is 4.64. The zero-order chi connectivity index (χ0) is 17.6. The van der Waals surface area contributed by atoms with Gasteiger partial charge in [-0.1, -0.05) is 0 Å². The molecule has 0 bridgehead atoms. The van der Waals surface area contributed by atoms with Gasteiger partial charge in [0, 0.05) is 12.2 Å². The second-order valence-corrected chi connectivity index (χ2v) is 6.57. The fourth-order valence-electron chi connectivity index (χ4n) is 3.26. The number of primary amides is 1. The van der Waals surface area contributed by atoms with Crippen LogP contribution in [0.15, 0.2) is 24.3 Å². The van der Waals surface area contributed by atoms with Gasteiger partial charge < -0.3 is 20.5 Å². The van der Waals surface area contributed by atoms with Gasteiger partial charge in [0.05, 0.1) is 19.2 Å². The topological polar surface area (TPSA) is 93.9 Å². The molecule has 2 aliphatic rings. The predicted molar refractivity (Wildman–Crippen MR) is 92.4 cm³/mol. The maximum absolute atomic E-state index is 12.3. The van der Waals surface area contributed by atoms with Crippen LogP contribution in [0.4, 0.5) is 0 Å². The van der Waals surface area contributed by atoms with Crippen molar-refractivity contribution in [3.63, 3.8) is 0 Å². The largest absolute Gasteiger partial charge is 0.486 e. The minimum absolute atomic E-state index is 0.0338. The number of ether oxygens (including phenoxy) is 2. The third-order valence-electron chi connectivity index (χ3n) is 4.64. The minimum Gasteiger partial charge on any atom is -0.486 e. The van der Waals surface area contributed by atoms with Gasteiger partial charge in [0.25, 0.3) is 0 Å². The molecule has 2 fully saturated rings. The number of nitrogens with zero attached hydrogens (tertiary/aromatic N) is 1. The summed E-state index contributed by atoms with van der Waals surface area (Å²) >= 11 is 0. The molecule has 7 nitrogen and oxygen atoms in total. The molecule has 2 aliphatic heterocycles. The second kappa shape index (κ2) is 8.31. The van der Waals surface area contributed by atoms with Gasteiger partial charge in [-0.3, -0.25) is 14.5 Å². The summed E-state index contributed by atoms with van der Waals surface area (Å²) in [5, 5.41) is 3.09. The van der Waals surface area contributed by atoms with Crippen molar-refractivity contribution in [2.24, 2.45) is 5.73 Å². The van der Waals surface area contributed by atoms with Crippen molar-refractivity contribution in [2.45, 2.75) is 31.4 Å². The number of nitrogens with two attached hydrogens (primary N) is 1. The molecular weight excluding hydrogens is 322 g/mol. The molecule has 0 spiro atoms. The van der Waals surface area contributed by atoms with E-state index in [0.717, 1.165) is 32.4 Å². The smallest absolute Gasteiger partial charge is 0.248 e. The summed E-state index contributed by atoms with van der Waals surface area (Å²) in [6.45, 7) is 3.46. The number of amides is 2. The first-order valence-corrected chi connectivity index (χ1v) is 8.78. The summed E-state index contributed by atoms with van der Waals surface area (Å²) in [7, 11) is 0. The molecule has 2 heterocycles. The van der Waals surface area contributed by atoms with E-state index < -0.39 is 5.91 Å². The lowest BCUT2D eigenvalue weighted by Gasteiger charge is -2.32. The highest BCUT2D eigenvalue weighted by Gasteiger charge is 2.29. The van der Waals surface area contributed by atoms with Crippen molar-refractivity contribution in [3.05, 3.63) is 29.8 Å². The van der Waals surface area contributed by atoms with E-state index in [0.29, 0.717) is 31.1 Å². The highest BCUT2D eigenvalue weighted by atomic mass is 16.5. The summed E-state index contributed by atoms with van der Waals surface area (Å²) in [5.74, 6) is 0.186. The van der Waals surface area contributed by atoms with Crippen LogP contribution in [0.2, 0.25) is 0 Å². The fourth-order valence-corrected chi connectivity index (χ4v) is 3.26. The van der Waals surface area contributed by atoms with E-state index in [1.165, 1.54) is 0 Å². The van der Waals surface area contributed by atoms with Crippen LogP contribution in [0, 0.1) is 0 Å². The maximum Gasteiger partial charge on any atom is 0.248 e. The number of hydrogen-bond acceptors (Lipinski definition) is 5. The van der Waals surface area contributed by atoms with E-state index in [9.17, 15) is 9.59 Å². The molecule has 2 atom stereocenters. The highest BCUT2D eigenvalue weighted by Crippen LogP contribution is 2.19. The molecule has 1 aromatic carbocycles. The number of benzene rings is 1. The predicted octanol–water partition coefficient (Wildman–Crippen LogP) is 0.534. The quantitative estimate of drug-likeness (QED) is 0.783. The molecule has 0 radical (unpaired) electrons. The molecular formula is C18H25N3O4. The Balaban J connectivity index is 1.56. The summed E-state index contributed by atoms with van der Waals surface area (Å²) in [6, 6.07) is 6.58. The average Bonchev–Trinajstić information content (AvgIpc) is 3.10. The molecule has 7 heteroatoms. The van der Waals surface area contributed by atoms with Crippen molar-refractivity contribution in [3.8, 4) is 5.75 Å². The standard InChI is InChI=1S/C18H25N3O4/c19-18(23)13-3-5-14(6-4-13)25-16-12-24-10-7-15(16)20-17(22)11-21-8-1-2-9-21/h3-6,15-16H,1-2,7-12H2,(H2,19,23)(H,20,22)/t15-,16-/m1/s1. The Kier molecular flexibility index (Phi) is 5.88. The van der Waals surface area contributed by atoms with Crippen molar-refractivity contribution in [1.29, 1.82) is 0 Å². The van der Waals surface area contributed by atoms with Gasteiger partial charge in [0.1, 0.15) is 11.9 Å². The van der Waals surface area contributed by atoms with Gasteiger partial charge in [-0.2, -0.15) is 0 Å². The van der Waals surface area contributed by atoms with Crippen molar-refractivity contribution in [1.82, 2.24) is 10.2 Å². The van der Waals surface area contributed by atoms with E-state index in [1.54, 1.807) is 24.3 Å². The molecule has 0 saturated carbocycles. The Hall–Kier alpha value is -2.12. The van der Waals surface area contributed by atoms with Crippen LogP contribution >= 0.6 is 0 Å². The monoisotopic (exact) mass is 347 g/mol. The Bertz CT molecular complexity index is 599. The van der Waals surface area contributed by atoms with Gasteiger partial charge in [0.2, 0.25) is 11.8 Å². The Morgan fingerprint density at radius 3 is 2.64 bits per heavy atom. The van der Waals surface area contributed by atoms with Gasteiger partial charge in [-0.25, -0.2) is 0 Å². The Morgan fingerprint density at radius 2 is 1.96 bits per heavy atom. The number of hydrogen-bond donors (Lipinski definition) is 2. The number of carbonyl (C=O) groups excluding carboxylic acids is 2. The number of likely N-dealkylation sites (tertiary alicyclic amines) is 1. The molecule has 2 saturated heterocycles. The van der Waals surface area contributed by atoms with Crippen molar-refractivity contribution >= 4 is 11.8 Å². The van der Waals surface area contributed by atoms with Crippen LogP contribution in [0.5, 0.6) is 5.75 Å². The zero-order valence-electron chi connectivity index (χ0n) is 14.3. The molecule has 25 heavy (non-hydrogen) atoms. The molecule has 2 amide bonds. The zero-order valence-corrected chi connectivity index (χ0v) is 14.3. The molecule has 0 aromatic heterocycles. The van der Waals surface area contributed by atoms with Crippen LogP contribution in [0.1, 0.15) is 29.6 Å². The van der Waals surface area contributed by atoms with Gasteiger partial charge >= 0.3 is 0 Å². The first-order valence-electron chi connectivity index (χ1n) is 8.78. The van der Waals surface area contributed by atoms with Gasteiger partial charge in [0.15, 0.2) is 0 Å². The van der Waals surface area contributed by atoms with E-state index >= 15 is 0 Å². The Morgan fingerprint density at radius 1 is 1.24 bits per heavy atom. The summed E-state index contributed by atoms with van der Waals surface area (Å²) in [5.41, 5.74) is 5.67. The van der Waals surface area contributed by atoms with Crippen LogP contribution < -0.4 is 15.8 Å². The van der Waals surface area contributed by atoms with Crippen LogP contribution in [-0.4, -0.2) is 61.7 Å². The lowest BCUT2D eigenvalue weighted by Crippen LogP contribution is -2.53. The number of carbonyl (C=O) groups is 2. The fraction of sp³-hybridized carbons (Fsp3) is 0.556. The molecule has 0 aliphatic carbocycles. The number of nitrogens with one attached hydrogen (secondary N) is 1. The van der Waals surface area contributed by atoms with E-state index in [-0.39, 0.29) is 18.1 Å². The first-order chi connectivity index (χ1) is 12.1. The molecule has 136 valence electrons. The van der Waals surface area contributed by atoms with E-state index in [1.807, 2.05) is 0 Å². The van der Waals surface area contributed by atoms with Crippen molar-refractivity contribution < 1.29 is 19.1 Å². The van der Waals surface area contributed by atoms with E-state index in [4.69, 9.17) is 15.2 Å². The molecule has 3 N–H and O–H groups in total.